The predicted molar refractivity (Wildman–Crippen MR) is 120 cm³/mol. The van der Waals surface area contributed by atoms with Gasteiger partial charge in [0, 0.05) is 42.1 Å². The number of phenols is 1. The molecule has 1 aliphatic heterocycles. The molecule has 0 amide bonds. The van der Waals surface area contributed by atoms with Crippen molar-refractivity contribution in [3.8, 4) is 22.6 Å². The first-order valence-corrected chi connectivity index (χ1v) is 10.7. The number of rotatable bonds is 4. The molecule has 0 bridgehead atoms. The maximum atomic E-state index is 14.5. The Morgan fingerprint density at radius 2 is 1.61 bits per heavy atom. The summed E-state index contributed by atoms with van der Waals surface area (Å²) in [6.45, 7) is 1.13. The summed E-state index contributed by atoms with van der Waals surface area (Å²) in [7, 11) is 0. The Bertz CT molecular complexity index is 1340. The Kier molecular flexibility index (Phi) is 5.34. The highest BCUT2D eigenvalue weighted by Gasteiger charge is 2.29. The summed E-state index contributed by atoms with van der Waals surface area (Å²) in [5, 5.41) is 20.6. The van der Waals surface area contributed by atoms with Gasteiger partial charge in [0.25, 0.3) is 0 Å². The van der Waals surface area contributed by atoms with Gasteiger partial charge in [-0.1, -0.05) is 12.1 Å². The van der Waals surface area contributed by atoms with E-state index in [1.165, 1.54) is 30.3 Å². The second-order valence-corrected chi connectivity index (χ2v) is 8.16. The fraction of sp³-hybridized carbons (Fsp3) is 0.192. The number of phenolic OH excluding ortho intramolecular Hbond substituents is 1. The van der Waals surface area contributed by atoms with Crippen LogP contribution in [0.4, 0.5) is 8.78 Å². The molecule has 0 spiro atoms. The summed E-state index contributed by atoms with van der Waals surface area (Å²) in [5.41, 5.74) is 3.50. The molecule has 1 aliphatic rings. The van der Waals surface area contributed by atoms with E-state index in [2.05, 4.69) is 0 Å². The van der Waals surface area contributed by atoms with Gasteiger partial charge in [0.2, 0.25) is 0 Å². The van der Waals surface area contributed by atoms with E-state index in [0.717, 1.165) is 24.6 Å². The Balaban J connectivity index is 1.87. The Hall–Kier alpha value is -3.71. The molecule has 168 valence electrons. The van der Waals surface area contributed by atoms with E-state index < -0.39 is 11.8 Å². The van der Waals surface area contributed by atoms with Crippen molar-refractivity contribution in [2.45, 2.75) is 18.8 Å². The van der Waals surface area contributed by atoms with E-state index in [0.29, 0.717) is 40.9 Å². The summed E-state index contributed by atoms with van der Waals surface area (Å²) in [5.74, 6) is -2.19. The average Bonchev–Trinajstić information content (AvgIpc) is 3.15. The molecule has 0 atom stereocenters. The van der Waals surface area contributed by atoms with E-state index >= 15 is 0 Å². The van der Waals surface area contributed by atoms with Crippen LogP contribution >= 0.6 is 0 Å². The molecule has 0 radical (unpaired) electrons. The van der Waals surface area contributed by atoms with Gasteiger partial charge in [-0.2, -0.15) is 0 Å². The smallest absolute Gasteiger partial charge is 0.335 e. The molecule has 0 aliphatic carbocycles. The first kappa shape index (κ1) is 21.2. The minimum absolute atomic E-state index is 0.0350. The van der Waals surface area contributed by atoms with Crippen molar-refractivity contribution in [2.24, 2.45) is 0 Å². The number of aromatic hydroxyl groups is 1. The maximum absolute atomic E-state index is 14.5. The molecule has 4 aromatic rings. The summed E-state index contributed by atoms with van der Waals surface area (Å²) in [4.78, 5) is 11.4. The zero-order chi connectivity index (χ0) is 23.1. The highest BCUT2D eigenvalue weighted by Crippen LogP contribution is 2.46. The van der Waals surface area contributed by atoms with Crippen molar-refractivity contribution in [2.75, 3.05) is 13.2 Å². The number of halogens is 2. The largest absolute Gasteiger partial charge is 0.507 e. The summed E-state index contributed by atoms with van der Waals surface area (Å²) in [6, 6.07) is 14.8. The van der Waals surface area contributed by atoms with Gasteiger partial charge in [0.1, 0.15) is 17.4 Å². The molecule has 1 fully saturated rings. The zero-order valence-corrected chi connectivity index (χ0v) is 17.6. The maximum Gasteiger partial charge on any atom is 0.335 e. The molecule has 5 nitrogen and oxygen atoms in total. The quantitative estimate of drug-likeness (QED) is 0.409. The highest BCUT2D eigenvalue weighted by atomic mass is 19.1. The van der Waals surface area contributed by atoms with E-state index in [9.17, 15) is 23.8 Å². The van der Waals surface area contributed by atoms with Crippen LogP contribution in [0.5, 0.6) is 5.75 Å². The number of carbonyl (C=O) groups is 1. The summed E-state index contributed by atoms with van der Waals surface area (Å²) < 4.78 is 35.6. The minimum Gasteiger partial charge on any atom is -0.507 e. The van der Waals surface area contributed by atoms with E-state index in [1.807, 2.05) is 4.57 Å². The third kappa shape index (κ3) is 3.74. The van der Waals surface area contributed by atoms with Crippen LogP contribution in [0.2, 0.25) is 0 Å². The van der Waals surface area contributed by atoms with Crippen molar-refractivity contribution in [3.05, 3.63) is 83.6 Å². The van der Waals surface area contributed by atoms with Crippen LogP contribution in [0, 0.1) is 11.6 Å². The molecular weight excluding hydrogens is 428 g/mol. The number of benzene rings is 3. The molecule has 33 heavy (non-hydrogen) atoms. The van der Waals surface area contributed by atoms with Gasteiger partial charge in [-0.15, -0.1) is 0 Å². The molecule has 2 N–H and O–H groups in total. The lowest BCUT2D eigenvalue weighted by atomic mass is 9.89. The van der Waals surface area contributed by atoms with Gasteiger partial charge >= 0.3 is 5.97 Å². The Morgan fingerprint density at radius 3 is 2.24 bits per heavy atom. The average molecular weight is 449 g/mol. The van der Waals surface area contributed by atoms with Crippen molar-refractivity contribution in [1.29, 1.82) is 0 Å². The van der Waals surface area contributed by atoms with Gasteiger partial charge in [0.15, 0.2) is 0 Å². The summed E-state index contributed by atoms with van der Waals surface area (Å²) >= 11 is 0. The molecule has 2 heterocycles. The number of aromatic nitrogens is 1. The minimum atomic E-state index is -1.04. The van der Waals surface area contributed by atoms with Crippen LogP contribution in [-0.2, 0) is 4.74 Å². The molecule has 7 heteroatoms. The number of aromatic carboxylic acids is 1. The van der Waals surface area contributed by atoms with E-state index in [-0.39, 0.29) is 23.0 Å². The molecule has 0 unspecified atom stereocenters. The summed E-state index contributed by atoms with van der Waals surface area (Å²) in [6.07, 6.45) is 1.45. The highest BCUT2D eigenvalue weighted by molar-refractivity contribution is 6.03. The number of ether oxygens (including phenoxy) is 1. The normalized spacial score (nSPS) is 14.6. The van der Waals surface area contributed by atoms with E-state index in [4.69, 9.17) is 4.74 Å². The fourth-order valence-electron chi connectivity index (χ4n) is 4.68. The standard InChI is InChI=1S/C26H21F2NO4/c27-18-5-7-20(8-6-18)29-21-13-19(28)14-22(30)24(21)23(25(29)16-9-11-33-12-10-16)15-1-3-17(4-2-15)26(31)32/h1-8,13-14,16,30H,9-12H2,(H,31,32). The molecule has 1 saturated heterocycles. The SMILES string of the molecule is O=C(O)c1ccc(-c2c(C3CCOCC3)n(-c3ccc(F)cc3)c3cc(F)cc(O)c23)cc1. The number of carboxylic acids is 1. The van der Waals surface area contributed by atoms with Crippen LogP contribution in [0.25, 0.3) is 27.7 Å². The van der Waals surface area contributed by atoms with Gasteiger partial charge < -0.3 is 19.5 Å². The van der Waals surface area contributed by atoms with Gasteiger partial charge in [-0.25, -0.2) is 13.6 Å². The number of hydrogen-bond acceptors (Lipinski definition) is 3. The lowest BCUT2D eigenvalue weighted by molar-refractivity contribution is 0.0697. The second kappa shape index (κ2) is 8.33. The van der Waals surface area contributed by atoms with Gasteiger partial charge in [-0.05, 0) is 60.9 Å². The van der Waals surface area contributed by atoms with Crippen LogP contribution in [-0.4, -0.2) is 34.0 Å². The molecule has 5 rings (SSSR count). The lowest BCUT2D eigenvalue weighted by Crippen LogP contribution is -2.17. The van der Waals surface area contributed by atoms with Crippen molar-refractivity contribution < 1.29 is 28.5 Å². The lowest BCUT2D eigenvalue weighted by Gasteiger charge is -2.26. The molecule has 0 saturated carbocycles. The third-order valence-electron chi connectivity index (χ3n) is 6.16. The predicted octanol–water partition coefficient (Wildman–Crippen LogP) is 5.87. The van der Waals surface area contributed by atoms with Crippen molar-refractivity contribution in [3.63, 3.8) is 0 Å². The monoisotopic (exact) mass is 449 g/mol. The number of fused-ring (bicyclic) bond motifs is 1. The number of carboxylic acid groups (broad SMARTS) is 1. The molecular formula is C26H21F2NO4. The van der Waals surface area contributed by atoms with Crippen molar-refractivity contribution in [1.82, 2.24) is 4.57 Å². The zero-order valence-electron chi connectivity index (χ0n) is 17.6. The van der Waals surface area contributed by atoms with Crippen molar-refractivity contribution >= 4 is 16.9 Å². The van der Waals surface area contributed by atoms with E-state index in [1.54, 1.807) is 24.3 Å². The number of hydrogen-bond donors (Lipinski definition) is 2. The van der Waals surface area contributed by atoms with Crippen LogP contribution < -0.4 is 0 Å². The van der Waals surface area contributed by atoms with Crippen LogP contribution in [0.3, 0.4) is 0 Å². The first-order valence-electron chi connectivity index (χ1n) is 10.7. The third-order valence-corrected chi connectivity index (χ3v) is 6.16. The van der Waals surface area contributed by atoms with Gasteiger partial charge in [-0.3, -0.25) is 0 Å². The number of nitrogens with zero attached hydrogens (tertiary/aromatic N) is 1. The van der Waals surface area contributed by atoms with Gasteiger partial charge in [0.05, 0.1) is 16.5 Å². The van der Waals surface area contributed by atoms with Crippen LogP contribution in [0.1, 0.15) is 34.8 Å². The molecule has 3 aromatic carbocycles. The topological polar surface area (TPSA) is 71.7 Å². The fourth-order valence-corrected chi connectivity index (χ4v) is 4.68. The second-order valence-electron chi connectivity index (χ2n) is 8.16. The molecule has 1 aromatic heterocycles. The first-order chi connectivity index (χ1) is 15.9. The van der Waals surface area contributed by atoms with Crippen LogP contribution in [0.15, 0.2) is 60.7 Å². The Labute approximate surface area is 188 Å². The Morgan fingerprint density at radius 1 is 0.939 bits per heavy atom.